The van der Waals surface area contributed by atoms with Gasteiger partial charge in [-0.3, -0.25) is 0 Å². The van der Waals surface area contributed by atoms with Crippen LogP contribution in [-0.2, 0) is 0 Å². The monoisotopic (exact) mass is 153 g/mol. The van der Waals surface area contributed by atoms with Crippen molar-refractivity contribution in [3.05, 3.63) is 24.3 Å². The summed E-state index contributed by atoms with van der Waals surface area (Å²) in [7, 11) is 0. The van der Waals surface area contributed by atoms with Gasteiger partial charge in [-0.1, -0.05) is 20.3 Å². The third-order valence-corrected chi connectivity index (χ3v) is 1.06. The zero-order chi connectivity index (χ0) is 7.40. The summed E-state index contributed by atoms with van der Waals surface area (Å²) in [5, 5.41) is 0. The zero-order valence-corrected chi connectivity index (χ0v) is 7.13. The first kappa shape index (κ1) is 9.98. The summed E-state index contributed by atoms with van der Waals surface area (Å²) in [6.07, 6.45) is 1.25. The summed E-state index contributed by atoms with van der Waals surface area (Å²) in [6, 6.07) is 7.81. The second kappa shape index (κ2) is 4.74. The van der Waals surface area contributed by atoms with Crippen molar-refractivity contribution in [2.75, 3.05) is 0 Å². The Morgan fingerprint density at radius 3 is 1.36 bits per heavy atom. The second-order valence-corrected chi connectivity index (χ2v) is 2.28. The zero-order valence-electron chi connectivity index (χ0n) is 7.13. The van der Waals surface area contributed by atoms with Crippen LogP contribution in [0.25, 0.3) is 11.2 Å². The van der Waals surface area contributed by atoms with Crippen LogP contribution in [-0.4, -0.2) is 0 Å². The second-order valence-electron chi connectivity index (χ2n) is 2.28. The van der Waals surface area contributed by atoms with Crippen molar-refractivity contribution in [3.8, 4) is 0 Å². The van der Waals surface area contributed by atoms with E-state index in [1.54, 1.807) is 0 Å². The molecule has 0 fully saturated rings. The maximum atomic E-state index is 5.08. The predicted octanol–water partition coefficient (Wildman–Crippen LogP) is 3.45. The third-order valence-electron chi connectivity index (χ3n) is 1.06. The molecule has 2 heterocycles. The Morgan fingerprint density at radius 1 is 1.00 bits per heavy atom. The molecule has 3 N–H and O–H groups in total. The molecule has 0 aliphatic carbocycles. The standard InChI is InChI=1S/C6H4O.C3H8.H3N/c1-2-6-4-3-5(1)7-6;1-3-2;/h1-4H;3H2,1-2H3;1H3. The van der Waals surface area contributed by atoms with Crippen LogP contribution in [0.2, 0.25) is 0 Å². The molecule has 62 valence electrons. The van der Waals surface area contributed by atoms with Gasteiger partial charge in [0, 0.05) is 0 Å². The van der Waals surface area contributed by atoms with Gasteiger partial charge in [-0.15, -0.1) is 0 Å². The Bertz CT molecular complexity index is 218. The largest absolute Gasteiger partial charge is 0.457 e. The van der Waals surface area contributed by atoms with Gasteiger partial charge in [0.25, 0.3) is 0 Å². The first-order valence-corrected chi connectivity index (χ1v) is 3.64. The van der Waals surface area contributed by atoms with Crippen molar-refractivity contribution in [3.63, 3.8) is 0 Å². The fraction of sp³-hybridized carbons (Fsp3) is 0.333. The van der Waals surface area contributed by atoms with Crippen LogP contribution in [0, 0.1) is 0 Å². The molecule has 0 aromatic carbocycles. The summed E-state index contributed by atoms with van der Waals surface area (Å²) in [6.45, 7) is 4.25. The minimum absolute atomic E-state index is 0. The molecule has 2 rings (SSSR count). The smallest absolute Gasteiger partial charge is 0.127 e. The summed E-state index contributed by atoms with van der Waals surface area (Å²) in [5.41, 5.74) is 1.94. The Balaban J connectivity index is 0.000000225. The normalized spacial score (nSPS) is 8.55. The van der Waals surface area contributed by atoms with Crippen LogP contribution in [0.5, 0.6) is 0 Å². The van der Waals surface area contributed by atoms with Crippen LogP contribution in [0.4, 0.5) is 0 Å². The molecular weight excluding hydrogens is 138 g/mol. The van der Waals surface area contributed by atoms with E-state index in [9.17, 15) is 0 Å². The van der Waals surface area contributed by atoms with Crippen molar-refractivity contribution in [1.82, 2.24) is 6.15 Å². The first-order chi connectivity index (χ1) is 4.86. The van der Waals surface area contributed by atoms with E-state index >= 15 is 0 Å². The molecule has 2 bridgehead atoms. The van der Waals surface area contributed by atoms with Gasteiger partial charge in [0.15, 0.2) is 0 Å². The van der Waals surface area contributed by atoms with E-state index in [-0.39, 0.29) is 6.15 Å². The quantitative estimate of drug-likeness (QED) is 0.630. The lowest BCUT2D eigenvalue weighted by atomic mass is 10.4. The fourth-order valence-electron chi connectivity index (χ4n) is 0.712. The third kappa shape index (κ3) is 2.60. The molecule has 2 nitrogen and oxygen atoms in total. The molecule has 0 amide bonds. The van der Waals surface area contributed by atoms with Crippen LogP contribution < -0.4 is 6.15 Å². The van der Waals surface area contributed by atoms with Gasteiger partial charge in [0.05, 0.1) is 0 Å². The fourth-order valence-corrected chi connectivity index (χ4v) is 0.712. The Kier molecular flexibility index (Phi) is 4.30. The minimum Gasteiger partial charge on any atom is -0.457 e. The van der Waals surface area contributed by atoms with E-state index in [1.807, 2.05) is 24.3 Å². The number of furan rings is 2. The van der Waals surface area contributed by atoms with Crippen LogP contribution in [0.15, 0.2) is 28.7 Å². The van der Waals surface area contributed by atoms with Crippen LogP contribution in [0.3, 0.4) is 0 Å². The predicted molar refractivity (Wildman–Crippen MR) is 48.4 cm³/mol. The van der Waals surface area contributed by atoms with Crippen molar-refractivity contribution in [2.24, 2.45) is 0 Å². The van der Waals surface area contributed by atoms with Gasteiger partial charge in [-0.2, -0.15) is 0 Å². The molecule has 0 radical (unpaired) electrons. The van der Waals surface area contributed by atoms with Crippen molar-refractivity contribution < 1.29 is 4.42 Å². The summed E-state index contributed by atoms with van der Waals surface area (Å²) in [4.78, 5) is 0. The molecular formula is C9H15NO. The summed E-state index contributed by atoms with van der Waals surface area (Å²) < 4.78 is 5.08. The van der Waals surface area contributed by atoms with E-state index in [4.69, 9.17) is 4.42 Å². The molecule has 2 aromatic heterocycles. The van der Waals surface area contributed by atoms with Gasteiger partial charge < -0.3 is 10.6 Å². The maximum Gasteiger partial charge on any atom is 0.127 e. The summed E-state index contributed by atoms with van der Waals surface area (Å²) in [5.74, 6) is 0. The Labute approximate surface area is 67.1 Å². The number of benzene rings is 1. The average molecular weight is 153 g/mol. The SMILES string of the molecule is CCC.N.c1cc2ccc1o2. The van der Waals surface area contributed by atoms with Crippen LogP contribution >= 0.6 is 0 Å². The number of hydrogen-bond donors (Lipinski definition) is 1. The highest BCUT2D eigenvalue weighted by Gasteiger charge is 1.91. The van der Waals surface area contributed by atoms with Gasteiger partial charge in [-0.05, 0) is 24.3 Å². The lowest BCUT2D eigenvalue weighted by Crippen LogP contribution is -1.43. The van der Waals surface area contributed by atoms with Gasteiger partial charge >= 0.3 is 0 Å². The molecule has 0 aliphatic heterocycles. The molecule has 0 atom stereocenters. The van der Waals surface area contributed by atoms with Crippen LogP contribution in [0.1, 0.15) is 20.3 Å². The molecule has 0 spiro atoms. The van der Waals surface area contributed by atoms with Crippen molar-refractivity contribution in [1.29, 1.82) is 0 Å². The van der Waals surface area contributed by atoms with Gasteiger partial charge in [0.2, 0.25) is 0 Å². The lowest BCUT2D eigenvalue weighted by molar-refractivity contribution is 0.675. The van der Waals surface area contributed by atoms with E-state index in [1.165, 1.54) is 6.42 Å². The van der Waals surface area contributed by atoms with Crippen molar-refractivity contribution in [2.45, 2.75) is 20.3 Å². The lowest BCUT2D eigenvalue weighted by Gasteiger charge is -1.60. The number of fused-ring (bicyclic) bond motifs is 2. The number of rotatable bonds is 0. The van der Waals surface area contributed by atoms with E-state index in [0.29, 0.717) is 0 Å². The van der Waals surface area contributed by atoms with E-state index in [0.717, 1.165) is 11.2 Å². The molecule has 11 heavy (non-hydrogen) atoms. The van der Waals surface area contributed by atoms with E-state index in [2.05, 4.69) is 13.8 Å². The average Bonchev–Trinajstić information content (AvgIpc) is 2.49. The highest BCUT2D eigenvalue weighted by atomic mass is 16.3. The highest BCUT2D eigenvalue weighted by Crippen LogP contribution is 2.13. The molecule has 0 unspecified atom stereocenters. The molecule has 0 saturated heterocycles. The minimum atomic E-state index is 0. The first-order valence-electron chi connectivity index (χ1n) is 3.64. The topological polar surface area (TPSA) is 48.1 Å². The maximum absolute atomic E-state index is 5.08. The highest BCUT2D eigenvalue weighted by molar-refractivity contribution is 5.59. The van der Waals surface area contributed by atoms with Crippen molar-refractivity contribution >= 4 is 11.2 Å². The molecule has 2 aromatic rings. The van der Waals surface area contributed by atoms with Gasteiger partial charge in [0.1, 0.15) is 11.2 Å². The molecule has 2 heteroatoms. The molecule has 0 aliphatic rings. The van der Waals surface area contributed by atoms with Gasteiger partial charge in [-0.25, -0.2) is 0 Å². The summed E-state index contributed by atoms with van der Waals surface area (Å²) >= 11 is 0. The van der Waals surface area contributed by atoms with E-state index < -0.39 is 0 Å². The number of hydrogen-bond acceptors (Lipinski definition) is 2. The molecule has 0 saturated carbocycles. The Hall–Kier alpha value is -1.02. The Morgan fingerprint density at radius 2 is 1.27 bits per heavy atom.